The number of hydrogen-bond acceptors (Lipinski definition) is 5. The maximum absolute atomic E-state index is 13.0. The summed E-state index contributed by atoms with van der Waals surface area (Å²) in [5, 5.41) is 36.2. The second kappa shape index (κ2) is 14.2. The van der Waals surface area contributed by atoms with Crippen molar-refractivity contribution in [3.05, 3.63) is 17.5 Å². The fourth-order valence-corrected chi connectivity index (χ4v) is 8.22. The average molecular weight is 586 g/mol. The number of nitrogens with zero attached hydrogens (tertiary/aromatic N) is 2. The molecule has 0 spiro atoms. The highest BCUT2D eigenvalue weighted by Gasteiger charge is 2.54. The van der Waals surface area contributed by atoms with E-state index in [1.54, 1.807) is 0 Å². The van der Waals surface area contributed by atoms with E-state index < -0.39 is 35.5 Å². The van der Waals surface area contributed by atoms with Crippen LogP contribution in [0.2, 0.25) is 0 Å². The lowest BCUT2D eigenvalue weighted by Gasteiger charge is -2.58. The Morgan fingerprint density at radius 1 is 1.00 bits per heavy atom. The van der Waals surface area contributed by atoms with E-state index in [1.807, 2.05) is 0 Å². The summed E-state index contributed by atoms with van der Waals surface area (Å²) in [6.07, 6.45) is 14.2. The molecular formula is C31H50F3N3O4. The second-order valence-electron chi connectivity index (χ2n) is 13.3. The third kappa shape index (κ3) is 8.47. The second-order valence-corrected chi connectivity index (χ2v) is 13.3. The van der Waals surface area contributed by atoms with E-state index in [2.05, 4.69) is 17.3 Å². The predicted octanol–water partition coefficient (Wildman–Crippen LogP) is 6.73. The summed E-state index contributed by atoms with van der Waals surface area (Å²) in [5.74, 6) is 0.730. The van der Waals surface area contributed by atoms with Gasteiger partial charge in [-0.2, -0.15) is 18.3 Å². The molecule has 0 saturated heterocycles. The van der Waals surface area contributed by atoms with Crippen LogP contribution in [0.5, 0.6) is 0 Å². The number of rotatable bonds is 12. The van der Waals surface area contributed by atoms with Crippen molar-refractivity contribution in [1.29, 1.82) is 0 Å². The maximum Gasteiger partial charge on any atom is 0.433 e. The zero-order chi connectivity index (χ0) is 29.6. The fraction of sp³-hybridized carbons (Fsp3) is 0.871. The molecule has 5 aliphatic rings. The van der Waals surface area contributed by atoms with Crippen molar-refractivity contribution in [2.24, 2.45) is 17.8 Å². The summed E-state index contributed by atoms with van der Waals surface area (Å²) in [5.41, 5.74) is -2.33. The van der Waals surface area contributed by atoms with Gasteiger partial charge in [-0.1, -0.05) is 51.9 Å². The molecule has 0 aromatic carbocycles. The van der Waals surface area contributed by atoms with Crippen molar-refractivity contribution >= 4 is 5.97 Å². The molecule has 6 rings (SSSR count). The molecule has 1 heterocycles. The van der Waals surface area contributed by atoms with Crippen LogP contribution in [0.15, 0.2) is 6.20 Å². The van der Waals surface area contributed by atoms with Gasteiger partial charge < -0.3 is 20.6 Å². The van der Waals surface area contributed by atoms with Crippen LogP contribution in [0.4, 0.5) is 13.2 Å². The number of alkyl halides is 3. The summed E-state index contributed by atoms with van der Waals surface area (Å²) in [4.78, 5) is 10.8. The number of aliphatic hydroxyl groups is 2. The van der Waals surface area contributed by atoms with Gasteiger partial charge in [0, 0.05) is 6.04 Å². The quantitative estimate of drug-likeness (QED) is 0.203. The third-order valence-electron chi connectivity index (χ3n) is 9.96. The number of aromatic nitrogens is 2. The zero-order valence-corrected chi connectivity index (χ0v) is 24.5. The highest BCUT2D eigenvalue weighted by atomic mass is 19.4. The van der Waals surface area contributed by atoms with E-state index in [0.717, 1.165) is 53.9 Å². The summed E-state index contributed by atoms with van der Waals surface area (Å²) < 4.78 is 39.6. The number of carbonyl (C=O) groups is 1. The Morgan fingerprint density at radius 3 is 2.12 bits per heavy atom. The smallest absolute Gasteiger partial charge is 0.433 e. The molecule has 2 atom stereocenters. The Balaban J connectivity index is 0.000000191. The predicted molar refractivity (Wildman–Crippen MR) is 151 cm³/mol. The number of aromatic carboxylic acids is 1. The van der Waals surface area contributed by atoms with Crippen molar-refractivity contribution in [3.63, 3.8) is 0 Å². The number of unbranched alkanes of at least 4 members (excludes halogenated alkanes) is 7. The summed E-state index contributed by atoms with van der Waals surface area (Å²) in [6.45, 7) is 3.49. The Bertz CT molecular complexity index is 960. The molecule has 5 aliphatic carbocycles. The number of carboxylic acids is 1. The first-order valence-electron chi connectivity index (χ1n) is 16.0. The number of aliphatic hydroxyl groups excluding tert-OH is 1. The van der Waals surface area contributed by atoms with Crippen molar-refractivity contribution in [2.45, 2.75) is 146 Å². The summed E-state index contributed by atoms with van der Waals surface area (Å²) in [7, 11) is 0. The van der Waals surface area contributed by atoms with E-state index in [0.29, 0.717) is 25.7 Å². The van der Waals surface area contributed by atoms with Gasteiger partial charge in [0.05, 0.1) is 23.9 Å². The summed E-state index contributed by atoms with van der Waals surface area (Å²) in [6, 6.07) is 0.203. The molecule has 5 fully saturated rings. The van der Waals surface area contributed by atoms with Crippen LogP contribution in [-0.2, 0) is 6.18 Å². The molecule has 41 heavy (non-hydrogen) atoms. The molecule has 2 unspecified atom stereocenters. The van der Waals surface area contributed by atoms with Gasteiger partial charge in [-0.05, 0) is 88.5 Å². The molecule has 1 aromatic heterocycles. The minimum Gasteiger partial charge on any atom is -0.478 e. The van der Waals surface area contributed by atoms with E-state index in [4.69, 9.17) is 5.11 Å². The first-order valence-corrected chi connectivity index (χ1v) is 16.0. The molecular weight excluding hydrogens is 535 g/mol. The van der Waals surface area contributed by atoms with Crippen molar-refractivity contribution in [2.75, 3.05) is 6.54 Å². The van der Waals surface area contributed by atoms with E-state index in [-0.39, 0.29) is 5.60 Å². The number of nitrogens with one attached hydrogen (secondary N) is 1. The number of hydrogen-bond donors (Lipinski definition) is 4. The van der Waals surface area contributed by atoms with Crippen LogP contribution in [0.25, 0.3) is 0 Å². The lowest BCUT2D eigenvalue weighted by molar-refractivity contribution is -0.145. The molecule has 7 nitrogen and oxygen atoms in total. The first-order chi connectivity index (χ1) is 19.5. The van der Waals surface area contributed by atoms with Gasteiger partial charge in [-0.3, -0.25) is 4.68 Å². The minimum atomic E-state index is -4.76. The molecule has 4 bridgehead atoms. The van der Waals surface area contributed by atoms with Gasteiger partial charge in [-0.25, -0.2) is 4.79 Å². The molecule has 0 amide bonds. The van der Waals surface area contributed by atoms with Crippen LogP contribution in [0.3, 0.4) is 0 Å². The van der Waals surface area contributed by atoms with Crippen LogP contribution >= 0.6 is 0 Å². The topological polar surface area (TPSA) is 108 Å². The lowest BCUT2D eigenvalue weighted by atomic mass is 9.52. The molecule has 4 N–H and O–H groups in total. The Labute approximate surface area is 242 Å². The molecule has 5 saturated carbocycles. The normalized spacial score (nSPS) is 32.5. The fourth-order valence-electron chi connectivity index (χ4n) is 8.22. The van der Waals surface area contributed by atoms with E-state index >= 15 is 0 Å². The summed E-state index contributed by atoms with van der Waals surface area (Å²) >= 11 is 0. The first kappa shape index (κ1) is 32.3. The molecule has 10 heteroatoms. The molecule has 0 aliphatic heterocycles. The molecule has 1 aromatic rings. The van der Waals surface area contributed by atoms with E-state index in [9.17, 15) is 28.2 Å². The number of carboxylic acid groups (broad SMARTS) is 1. The zero-order valence-electron chi connectivity index (χ0n) is 24.5. The molecule has 234 valence electrons. The Morgan fingerprint density at radius 2 is 1.59 bits per heavy atom. The van der Waals surface area contributed by atoms with Crippen LogP contribution in [-0.4, -0.2) is 55.4 Å². The molecule has 0 radical (unpaired) electrons. The minimum absolute atomic E-state index is 0.271. The standard InChI is InChI=1S/C20H37NO.C11H13F3N2O3/c1-2-3-4-5-6-7-8-9-10-21-19-17-11-16-12-18(19)15-20(22,13-16)14-17;12-11(13,14)9-8(10(18)19)5-15-16(9)6-1-3-7(17)4-2-6/h16-19,21-22H,2-15H2,1H3;5-7,17H,1-4H2,(H,18,19). The average Bonchev–Trinajstić information content (AvgIpc) is 3.36. The van der Waals surface area contributed by atoms with Crippen molar-refractivity contribution in [3.8, 4) is 0 Å². The third-order valence-corrected chi connectivity index (χ3v) is 9.96. The van der Waals surface area contributed by atoms with Crippen LogP contribution < -0.4 is 5.32 Å². The van der Waals surface area contributed by atoms with Crippen LogP contribution in [0, 0.1) is 17.8 Å². The van der Waals surface area contributed by atoms with Crippen LogP contribution in [0.1, 0.15) is 138 Å². The van der Waals surface area contributed by atoms with Crippen molar-refractivity contribution < 1.29 is 33.3 Å². The monoisotopic (exact) mass is 585 g/mol. The highest BCUT2D eigenvalue weighted by molar-refractivity contribution is 5.88. The highest BCUT2D eigenvalue weighted by Crippen LogP contribution is 2.55. The van der Waals surface area contributed by atoms with Crippen molar-refractivity contribution in [1.82, 2.24) is 15.1 Å². The Hall–Kier alpha value is -1.65. The largest absolute Gasteiger partial charge is 0.478 e. The van der Waals surface area contributed by atoms with Gasteiger partial charge in [-0.15, -0.1) is 0 Å². The maximum atomic E-state index is 13.0. The lowest BCUT2D eigenvalue weighted by Crippen LogP contribution is -2.60. The number of halogens is 3. The van der Waals surface area contributed by atoms with E-state index in [1.165, 1.54) is 70.8 Å². The van der Waals surface area contributed by atoms with Gasteiger partial charge >= 0.3 is 12.1 Å². The SMILES string of the molecule is CCCCCCCCCCNC1C2CC3CC1CC(O)(C3)C2.O=C(O)c1cnn(C2CCC(O)CC2)c1C(F)(F)F. The van der Waals surface area contributed by atoms with Gasteiger partial charge in [0.15, 0.2) is 5.69 Å². The Kier molecular flexibility index (Phi) is 11.2. The van der Waals surface area contributed by atoms with Gasteiger partial charge in [0.2, 0.25) is 0 Å². The van der Waals surface area contributed by atoms with Gasteiger partial charge in [0.1, 0.15) is 5.56 Å². The van der Waals surface area contributed by atoms with Gasteiger partial charge in [0.25, 0.3) is 0 Å².